The van der Waals surface area contributed by atoms with Gasteiger partial charge in [-0.25, -0.2) is 9.59 Å². The molecule has 0 amide bonds. The van der Waals surface area contributed by atoms with E-state index in [9.17, 15) is 9.59 Å². The van der Waals surface area contributed by atoms with Crippen LogP contribution >= 0.6 is 0 Å². The van der Waals surface area contributed by atoms with Crippen molar-refractivity contribution in [2.45, 2.75) is 44.3 Å². The maximum Gasteiger partial charge on any atom is 0.338 e. The van der Waals surface area contributed by atoms with E-state index in [1.54, 1.807) is 55.7 Å². The Labute approximate surface area is 188 Å². The van der Waals surface area contributed by atoms with E-state index in [0.717, 1.165) is 36.8 Å². The lowest BCUT2D eigenvalue weighted by atomic mass is 9.95. The minimum atomic E-state index is -0.447. The van der Waals surface area contributed by atoms with Crippen LogP contribution in [0.1, 0.15) is 47.2 Å². The minimum Gasteiger partial charge on any atom is -0.462 e. The molecule has 4 N–H and O–H groups in total. The maximum absolute atomic E-state index is 12.4. The van der Waals surface area contributed by atoms with Crippen LogP contribution in [0, 0.1) is 0 Å². The molecule has 0 aliphatic heterocycles. The molecule has 0 saturated heterocycles. The van der Waals surface area contributed by atoms with E-state index in [-0.39, 0.29) is 24.8 Å². The highest BCUT2D eigenvalue weighted by molar-refractivity contribution is 5.90. The first-order chi connectivity index (χ1) is 15.4. The molecule has 0 heterocycles. The Morgan fingerprint density at radius 3 is 2.22 bits per heavy atom. The first-order valence-electron chi connectivity index (χ1n) is 10.8. The monoisotopic (exact) mass is 438 g/mol. The van der Waals surface area contributed by atoms with E-state index in [1.807, 2.05) is 0 Å². The SMILES string of the molecule is COC1CCC(OC(=O)c2ccc(C=CC(=O)OCCc3cc(N)cc(N)c3)cc2)CC1. The Balaban J connectivity index is 1.43. The topological polar surface area (TPSA) is 114 Å². The second-order valence-electron chi connectivity index (χ2n) is 7.92. The Bertz CT molecular complexity index is 927. The van der Waals surface area contributed by atoms with Gasteiger partial charge in [-0.15, -0.1) is 0 Å². The van der Waals surface area contributed by atoms with Crippen molar-refractivity contribution in [1.29, 1.82) is 0 Å². The number of carbonyl (C=O) groups is 2. The third-order valence-electron chi connectivity index (χ3n) is 5.46. The number of nitrogens with two attached hydrogens (primary N) is 2. The van der Waals surface area contributed by atoms with Crippen molar-refractivity contribution in [2.75, 3.05) is 25.2 Å². The fourth-order valence-corrected chi connectivity index (χ4v) is 3.71. The van der Waals surface area contributed by atoms with Crippen molar-refractivity contribution >= 4 is 29.4 Å². The van der Waals surface area contributed by atoms with Crippen molar-refractivity contribution in [3.8, 4) is 0 Å². The quantitative estimate of drug-likeness (QED) is 0.366. The summed E-state index contributed by atoms with van der Waals surface area (Å²) < 4.78 is 16.2. The molecule has 32 heavy (non-hydrogen) atoms. The molecule has 1 aliphatic carbocycles. The van der Waals surface area contributed by atoms with Crippen molar-refractivity contribution in [3.63, 3.8) is 0 Å². The lowest BCUT2D eigenvalue weighted by Crippen LogP contribution is -2.27. The van der Waals surface area contributed by atoms with E-state index < -0.39 is 5.97 Å². The molecule has 0 spiro atoms. The molecule has 3 rings (SSSR count). The average molecular weight is 439 g/mol. The molecule has 0 unspecified atom stereocenters. The summed E-state index contributed by atoms with van der Waals surface area (Å²) in [6.07, 6.45) is 7.17. The van der Waals surface area contributed by atoms with E-state index in [0.29, 0.717) is 23.4 Å². The largest absolute Gasteiger partial charge is 0.462 e. The summed E-state index contributed by atoms with van der Waals surface area (Å²) >= 11 is 0. The summed E-state index contributed by atoms with van der Waals surface area (Å²) in [5.74, 6) is -0.778. The third kappa shape index (κ3) is 7.13. The van der Waals surface area contributed by atoms with Crippen LogP contribution in [-0.4, -0.2) is 37.9 Å². The number of ether oxygens (including phenoxy) is 3. The molecule has 7 nitrogen and oxygen atoms in total. The highest BCUT2D eigenvalue weighted by Crippen LogP contribution is 2.24. The van der Waals surface area contributed by atoms with E-state index in [1.165, 1.54) is 6.08 Å². The first kappa shape index (κ1) is 23.3. The van der Waals surface area contributed by atoms with Gasteiger partial charge in [0, 0.05) is 31.0 Å². The van der Waals surface area contributed by atoms with Crippen LogP contribution in [0.15, 0.2) is 48.5 Å². The smallest absolute Gasteiger partial charge is 0.338 e. The van der Waals surface area contributed by atoms with Crippen LogP contribution in [0.3, 0.4) is 0 Å². The highest BCUT2D eigenvalue weighted by atomic mass is 16.5. The van der Waals surface area contributed by atoms with Gasteiger partial charge >= 0.3 is 11.9 Å². The van der Waals surface area contributed by atoms with E-state index in [2.05, 4.69) is 0 Å². The van der Waals surface area contributed by atoms with Crippen molar-refractivity contribution in [3.05, 3.63) is 65.2 Å². The molecule has 0 atom stereocenters. The number of anilines is 2. The minimum absolute atomic E-state index is 0.0630. The van der Waals surface area contributed by atoms with Gasteiger partial charge in [-0.2, -0.15) is 0 Å². The normalized spacial score (nSPS) is 18.4. The Kier molecular flexibility index (Phi) is 8.27. The van der Waals surface area contributed by atoms with Gasteiger partial charge in [-0.3, -0.25) is 0 Å². The molecule has 0 radical (unpaired) electrons. The van der Waals surface area contributed by atoms with Crippen LogP contribution < -0.4 is 11.5 Å². The number of carbonyl (C=O) groups excluding carboxylic acids is 2. The van der Waals surface area contributed by atoms with Gasteiger partial charge in [-0.05, 0) is 73.2 Å². The highest BCUT2D eigenvalue weighted by Gasteiger charge is 2.24. The maximum atomic E-state index is 12.4. The first-order valence-corrected chi connectivity index (χ1v) is 10.8. The second-order valence-corrected chi connectivity index (χ2v) is 7.92. The Morgan fingerprint density at radius 2 is 1.59 bits per heavy atom. The molecule has 1 saturated carbocycles. The number of nitrogen functional groups attached to an aromatic ring is 2. The zero-order valence-corrected chi connectivity index (χ0v) is 18.3. The number of hydrogen-bond donors (Lipinski definition) is 2. The summed E-state index contributed by atoms with van der Waals surface area (Å²) in [6, 6.07) is 12.2. The van der Waals surface area contributed by atoms with Gasteiger partial charge < -0.3 is 25.7 Å². The lowest BCUT2D eigenvalue weighted by molar-refractivity contribution is -0.137. The van der Waals surface area contributed by atoms with E-state index >= 15 is 0 Å². The summed E-state index contributed by atoms with van der Waals surface area (Å²) in [7, 11) is 1.71. The molecular formula is C25H30N2O5. The summed E-state index contributed by atoms with van der Waals surface area (Å²) in [5.41, 5.74) is 14.9. The fraction of sp³-hybridized carbons (Fsp3) is 0.360. The van der Waals surface area contributed by atoms with Gasteiger partial charge in [0.2, 0.25) is 0 Å². The molecule has 2 aromatic rings. The molecule has 170 valence electrons. The van der Waals surface area contributed by atoms with Crippen LogP contribution in [-0.2, 0) is 25.4 Å². The lowest BCUT2D eigenvalue weighted by Gasteiger charge is -2.27. The molecular weight excluding hydrogens is 408 g/mol. The van der Waals surface area contributed by atoms with Crippen molar-refractivity contribution in [2.24, 2.45) is 0 Å². The average Bonchev–Trinajstić information content (AvgIpc) is 2.78. The van der Waals surface area contributed by atoms with Gasteiger partial charge in [0.25, 0.3) is 0 Å². The van der Waals surface area contributed by atoms with E-state index in [4.69, 9.17) is 25.7 Å². The summed E-state index contributed by atoms with van der Waals surface area (Å²) in [5, 5.41) is 0. The molecule has 2 aromatic carbocycles. The van der Waals surface area contributed by atoms with Crippen molar-refractivity contribution in [1.82, 2.24) is 0 Å². The third-order valence-corrected chi connectivity index (χ3v) is 5.46. The molecule has 1 fully saturated rings. The Hall–Kier alpha value is -3.32. The van der Waals surface area contributed by atoms with Gasteiger partial charge in [-0.1, -0.05) is 12.1 Å². The number of esters is 2. The number of benzene rings is 2. The standard InChI is InChI=1S/C25H30N2O5/c1-30-22-7-9-23(10-8-22)32-25(29)19-5-2-17(3-6-19)4-11-24(28)31-13-12-18-14-20(26)16-21(27)15-18/h2-6,11,14-16,22-23H,7-10,12-13,26-27H2,1H3. The predicted octanol–water partition coefficient (Wildman–Crippen LogP) is 3.76. The summed E-state index contributed by atoms with van der Waals surface area (Å²) in [6.45, 7) is 0.225. The van der Waals surface area contributed by atoms with Crippen LogP contribution in [0.2, 0.25) is 0 Å². The second kappa shape index (κ2) is 11.3. The van der Waals surface area contributed by atoms with Crippen LogP contribution in [0.5, 0.6) is 0 Å². The fourth-order valence-electron chi connectivity index (χ4n) is 3.71. The van der Waals surface area contributed by atoms with Gasteiger partial charge in [0.15, 0.2) is 0 Å². The van der Waals surface area contributed by atoms with Crippen LogP contribution in [0.25, 0.3) is 6.08 Å². The summed E-state index contributed by atoms with van der Waals surface area (Å²) in [4.78, 5) is 24.3. The van der Waals surface area contributed by atoms with Gasteiger partial charge in [0.1, 0.15) is 6.10 Å². The van der Waals surface area contributed by atoms with Gasteiger partial charge in [0.05, 0.1) is 18.3 Å². The number of rotatable bonds is 8. The zero-order valence-electron chi connectivity index (χ0n) is 18.3. The number of hydrogen-bond acceptors (Lipinski definition) is 7. The number of methoxy groups -OCH3 is 1. The molecule has 0 bridgehead atoms. The van der Waals surface area contributed by atoms with Crippen LogP contribution in [0.4, 0.5) is 11.4 Å². The predicted molar refractivity (Wildman–Crippen MR) is 124 cm³/mol. The van der Waals surface area contributed by atoms with Crippen molar-refractivity contribution < 1.29 is 23.8 Å². The molecule has 1 aliphatic rings. The molecule has 7 heteroatoms. The zero-order chi connectivity index (χ0) is 22.9. The Morgan fingerprint density at radius 1 is 0.969 bits per heavy atom. The molecule has 0 aromatic heterocycles.